The summed E-state index contributed by atoms with van der Waals surface area (Å²) in [6.45, 7) is 0. The fraction of sp³-hybridized carbons (Fsp3) is 0.500. The van der Waals surface area contributed by atoms with Crippen molar-refractivity contribution in [1.82, 2.24) is 0 Å². The summed E-state index contributed by atoms with van der Waals surface area (Å²) in [5, 5.41) is 0. The summed E-state index contributed by atoms with van der Waals surface area (Å²) in [6.07, 6.45) is 0.234. The Morgan fingerprint density at radius 2 is 1.56 bits per heavy atom. The second-order valence-corrected chi connectivity index (χ2v) is 1.95. The van der Waals surface area contributed by atoms with Crippen LogP contribution in [0.25, 0.3) is 0 Å². The number of carbonyl (C=O) groups excluding carboxylic acids is 2. The van der Waals surface area contributed by atoms with Crippen LogP contribution in [0, 0.1) is 0 Å². The van der Waals surface area contributed by atoms with E-state index in [9.17, 15) is 9.59 Å². The van der Waals surface area contributed by atoms with Crippen molar-refractivity contribution in [2.45, 2.75) is 12.8 Å². The zero-order chi connectivity index (χ0) is 6.69. The molecule has 0 amide bonds. The van der Waals surface area contributed by atoms with Crippen LogP contribution in [0.3, 0.4) is 0 Å². The topological polar surface area (TPSA) is 52.6 Å². The van der Waals surface area contributed by atoms with Crippen LogP contribution in [0.5, 0.6) is 0 Å². The third-order valence-corrected chi connectivity index (χ3v) is 1.30. The molecule has 1 saturated heterocycles. The molecular formula is C4H4O4S. The van der Waals surface area contributed by atoms with E-state index in [4.69, 9.17) is 0 Å². The molecule has 1 aliphatic rings. The molecular weight excluding hydrogens is 144 g/mol. The van der Waals surface area contributed by atoms with Crippen molar-refractivity contribution in [1.29, 1.82) is 0 Å². The van der Waals surface area contributed by atoms with Gasteiger partial charge in [-0.2, -0.15) is 0 Å². The quantitative estimate of drug-likeness (QED) is 0.466. The molecule has 1 fully saturated rings. The normalized spacial score (nSPS) is 20.0. The lowest BCUT2D eigenvalue weighted by molar-refractivity contribution is -0.135. The van der Waals surface area contributed by atoms with E-state index in [-0.39, 0.29) is 12.8 Å². The second-order valence-electron chi connectivity index (χ2n) is 1.48. The summed E-state index contributed by atoms with van der Waals surface area (Å²) in [6, 6.07) is 0. The fourth-order valence-corrected chi connectivity index (χ4v) is 0.733. The summed E-state index contributed by atoms with van der Waals surface area (Å²) >= 11 is 0.433. The molecule has 0 saturated carbocycles. The number of hydrogen-bond acceptors (Lipinski definition) is 5. The number of carbonyl (C=O) groups is 2. The maximum atomic E-state index is 10.4. The lowest BCUT2D eigenvalue weighted by atomic mass is 10.3. The van der Waals surface area contributed by atoms with E-state index in [1.165, 1.54) is 0 Å². The molecule has 5 heteroatoms. The van der Waals surface area contributed by atoms with Gasteiger partial charge in [0.15, 0.2) is 0 Å². The lowest BCUT2D eigenvalue weighted by Crippen LogP contribution is -1.97. The van der Waals surface area contributed by atoms with Crippen LogP contribution in [0.2, 0.25) is 0 Å². The third-order valence-electron chi connectivity index (χ3n) is 0.787. The Labute approximate surface area is 55.9 Å². The van der Waals surface area contributed by atoms with Crippen molar-refractivity contribution in [3.05, 3.63) is 0 Å². The van der Waals surface area contributed by atoms with Crippen molar-refractivity contribution in [2.24, 2.45) is 0 Å². The molecule has 9 heavy (non-hydrogen) atoms. The molecule has 0 bridgehead atoms. The molecule has 0 atom stereocenters. The van der Waals surface area contributed by atoms with Gasteiger partial charge in [0.05, 0.1) is 12.8 Å². The van der Waals surface area contributed by atoms with Crippen LogP contribution in [-0.2, 0) is 18.0 Å². The highest BCUT2D eigenvalue weighted by Crippen LogP contribution is 2.14. The largest absolute Gasteiger partial charge is 0.355 e. The van der Waals surface area contributed by atoms with E-state index in [2.05, 4.69) is 8.37 Å². The molecule has 0 N–H and O–H groups in total. The van der Waals surface area contributed by atoms with Gasteiger partial charge in [-0.05, 0) is 0 Å². The Morgan fingerprint density at radius 3 is 2.00 bits per heavy atom. The zero-order valence-corrected chi connectivity index (χ0v) is 5.27. The summed E-state index contributed by atoms with van der Waals surface area (Å²) in [5.41, 5.74) is 0. The van der Waals surface area contributed by atoms with E-state index in [1.807, 2.05) is 0 Å². The van der Waals surface area contributed by atoms with Crippen molar-refractivity contribution >= 4 is 24.3 Å². The van der Waals surface area contributed by atoms with Crippen LogP contribution in [0.15, 0.2) is 0 Å². The molecule has 0 aromatic carbocycles. The summed E-state index contributed by atoms with van der Waals surface area (Å²) in [4.78, 5) is 20.7. The average Bonchev–Trinajstić information content (AvgIpc) is 1.97. The second kappa shape index (κ2) is 2.72. The van der Waals surface area contributed by atoms with E-state index in [0.29, 0.717) is 12.3 Å². The molecule has 1 aliphatic heterocycles. The summed E-state index contributed by atoms with van der Waals surface area (Å²) in [7, 11) is 0. The van der Waals surface area contributed by atoms with Crippen molar-refractivity contribution in [2.75, 3.05) is 0 Å². The molecule has 0 aliphatic carbocycles. The van der Waals surface area contributed by atoms with Gasteiger partial charge in [-0.3, -0.25) is 9.59 Å². The van der Waals surface area contributed by atoms with Gasteiger partial charge in [0.1, 0.15) is 0 Å². The van der Waals surface area contributed by atoms with E-state index in [0.717, 1.165) is 0 Å². The van der Waals surface area contributed by atoms with Crippen molar-refractivity contribution < 1.29 is 18.0 Å². The zero-order valence-electron chi connectivity index (χ0n) is 4.46. The van der Waals surface area contributed by atoms with E-state index >= 15 is 0 Å². The first-order valence-corrected chi connectivity index (χ1v) is 3.02. The SMILES string of the molecule is O=C1CCC(=O)OSO1. The molecule has 0 radical (unpaired) electrons. The van der Waals surface area contributed by atoms with Crippen LogP contribution in [0.1, 0.15) is 12.8 Å². The predicted molar refractivity (Wildman–Crippen MR) is 29.0 cm³/mol. The minimum Gasteiger partial charge on any atom is -0.355 e. The monoisotopic (exact) mass is 148 g/mol. The Balaban J connectivity index is 2.43. The molecule has 0 unspecified atom stereocenters. The highest BCUT2D eigenvalue weighted by molar-refractivity contribution is 7.90. The van der Waals surface area contributed by atoms with Crippen molar-refractivity contribution in [3.8, 4) is 0 Å². The molecule has 1 heterocycles. The number of rotatable bonds is 0. The lowest BCUT2D eigenvalue weighted by Gasteiger charge is -1.90. The van der Waals surface area contributed by atoms with Crippen molar-refractivity contribution in [3.63, 3.8) is 0 Å². The summed E-state index contributed by atoms with van der Waals surface area (Å²) in [5.74, 6) is -0.822. The maximum absolute atomic E-state index is 10.4. The fourth-order valence-electron chi connectivity index (χ4n) is 0.380. The standard InChI is InChI=1S/C4H4O4S/c5-3-1-2-4(6)8-9-7-3/h1-2H2. The van der Waals surface area contributed by atoms with Gasteiger partial charge in [0.25, 0.3) is 12.3 Å². The Kier molecular flexibility index (Phi) is 1.94. The number of hydrogen-bond donors (Lipinski definition) is 0. The van der Waals surface area contributed by atoms with E-state index < -0.39 is 11.9 Å². The maximum Gasteiger partial charge on any atom is 0.321 e. The van der Waals surface area contributed by atoms with Gasteiger partial charge in [0.2, 0.25) is 0 Å². The Bertz CT molecular complexity index is 128. The smallest absolute Gasteiger partial charge is 0.321 e. The van der Waals surface area contributed by atoms with E-state index in [1.54, 1.807) is 0 Å². The molecule has 0 spiro atoms. The first kappa shape index (κ1) is 6.41. The highest BCUT2D eigenvalue weighted by atomic mass is 32.2. The minimum absolute atomic E-state index is 0.117. The van der Waals surface area contributed by atoms with Gasteiger partial charge in [0, 0.05) is 0 Å². The molecule has 50 valence electrons. The first-order chi connectivity index (χ1) is 4.29. The minimum atomic E-state index is -0.411. The van der Waals surface area contributed by atoms with Gasteiger partial charge < -0.3 is 8.37 Å². The average molecular weight is 148 g/mol. The third kappa shape index (κ3) is 1.93. The van der Waals surface area contributed by atoms with Crippen LogP contribution in [-0.4, -0.2) is 11.9 Å². The summed E-state index contributed by atoms with van der Waals surface area (Å²) < 4.78 is 8.62. The molecule has 0 aromatic heterocycles. The Morgan fingerprint density at radius 1 is 1.11 bits per heavy atom. The van der Waals surface area contributed by atoms with Crippen LogP contribution >= 0.6 is 12.3 Å². The predicted octanol–water partition coefficient (Wildman–Crippen LogP) is 0.430. The van der Waals surface area contributed by atoms with Gasteiger partial charge >= 0.3 is 11.9 Å². The van der Waals surface area contributed by atoms with Crippen LogP contribution < -0.4 is 0 Å². The van der Waals surface area contributed by atoms with Crippen LogP contribution in [0.4, 0.5) is 0 Å². The van der Waals surface area contributed by atoms with Gasteiger partial charge in [-0.1, -0.05) is 0 Å². The highest BCUT2D eigenvalue weighted by Gasteiger charge is 2.15. The van der Waals surface area contributed by atoms with Gasteiger partial charge in [-0.25, -0.2) is 0 Å². The Hall–Kier alpha value is -0.710. The van der Waals surface area contributed by atoms with Gasteiger partial charge in [-0.15, -0.1) is 0 Å². The molecule has 4 nitrogen and oxygen atoms in total. The molecule has 0 aromatic rings. The first-order valence-electron chi connectivity index (χ1n) is 2.36. The molecule has 1 rings (SSSR count).